The Morgan fingerprint density at radius 3 is 2.61 bits per heavy atom. The van der Waals surface area contributed by atoms with Crippen LogP contribution in [0.3, 0.4) is 0 Å². The summed E-state index contributed by atoms with van der Waals surface area (Å²) in [6.45, 7) is 1.30. The van der Waals surface area contributed by atoms with E-state index in [4.69, 9.17) is 0 Å². The summed E-state index contributed by atoms with van der Waals surface area (Å²) in [5.74, 6) is 0.918. The molecule has 3 aromatic rings. The van der Waals surface area contributed by atoms with Gasteiger partial charge in [0.1, 0.15) is 12.7 Å². The van der Waals surface area contributed by atoms with Gasteiger partial charge in [0.2, 0.25) is 15.9 Å². The molecule has 0 bridgehead atoms. The molecular weight excluding hydrogens is 420 g/mol. The molecule has 11 nitrogen and oxygen atoms in total. The van der Waals surface area contributed by atoms with E-state index in [1.165, 1.54) is 11.0 Å². The lowest BCUT2D eigenvalue weighted by atomic mass is 9.97. The molecule has 3 heterocycles. The first kappa shape index (κ1) is 20.7. The van der Waals surface area contributed by atoms with Crippen molar-refractivity contribution in [2.75, 3.05) is 34.3 Å². The molecule has 0 spiro atoms. The molecular formula is C19H22N8O3S. The third-order valence-electron chi connectivity index (χ3n) is 4.84. The van der Waals surface area contributed by atoms with Crippen LogP contribution < -0.4 is 14.9 Å². The van der Waals surface area contributed by atoms with Crippen molar-refractivity contribution in [3.05, 3.63) is 49.1 Å². The summed E-state index contributed by atoms with van der Waals surface area (Å²) in [5, 5.41) is 15.4. The number of amides is 1. The highest BCUT2D eigenvalue weighted by Crippen LogP contribution is 2.24. The number of benzene rings is 1. The van der Waals surface area contributed by atoms with Gasteiger partial charge in [0.05, 0.1) is 17.9 Å². The molecule has 0 aliphatic carbocycles. The summed E-state index contributed by atoms with van der Waals surface area (Å²) in [7, 11) is -3.39. The fourth-order valence-electron chi connectivity index (χ4n) is 3.45. The summed E-state index contributed by atoms with van der Waals surface area (Å²) >= 11 is 0. The lowest BCUT2D eigenvalue weighted by molar-refractivity contribution is -0.120. The van der Waals surface area contributed by atoms with Crippen molar-refractivity contribution in [3.8, 4) is 5.82 Å². The maximum atomic E-state index is 12.8. The number of carbonyl (C=O) groups excluding carboxylic acids is 1. The van der Waals surface area contributed by atoms with E-state index in [1.807, 2.05) is 11.0 Å². The molecule has 12 heteroatoms. The number of hydrogen-bond acceptors (Lipinski definition) is 8. The summed E-state index contributed by atoms with van der Waals surface area (Å²) in [6.07, 6.45) is 5.66. The van der Waals surface area contributed by atoms with Crippen LogP contribution in [0, 0.1) is 5.92 Å². The third kappa shape index (κ3) is 5.34. The quantitative estimate of drug-likeness (QED) is 0.583. The first-order chi connectivity index (χ1) is 14.9. The van der Waals surface area contributed by atoms with Crippen LogP contribution in [0.5, 0.6) is 0 Å². The number of hydrogen-bond donors (Lipinski definition) is 2. The molecule has 0 saturated carbocycles. The van der Waals surface area contributed by atoms with Gasteiger partial charge in [-0.05, 0) is 43.2 Å². The van der Waals surface area contributed by atoms with Gasteiger partial charge in [-0.1, -0.05) is 6.07 Å². The Labute approximate surface area is 179 Å². The second-order valence-corrected chi connectivity index (χ2v) is 9.07. The van der Waals surface area contributed by atoms with Crippen LogP contribution in [0.4, 0.5) is 17.2 Å². The average molecular weight is 443 g/mol. The van der Waals surface area contributed by atoms with E-state index in [0.717, 1.165) is 25.6 Å². The normalized spacial score (nSPS) is 16.7. The van der Waals surface area contributed by atoms with Gasteiger partial charge in [-0.3, -0.25) is 9.52 Å². The minimum Gasteiger partial charge on any atom is -0.354 e. The molecule has 1 aromatic carbocycles. The lowest BCUT2D eigenvalue weighted by Crippen LogP contribution is -2.41. The number of rotatable bonds is 6. The highest BCUT2D eigenvalue weighted by molar-refractivity contribution is 7.92. The van der Waals surface area contributed by atoms with Gasteiger partial charge < -0.3 is 10.2 Å². The SMILES string of the molecule is CS(=O)(=O)Nc1cccc(NC(=O)C2CCCN(c3ccc(-n4cncn4)nn3)C2)c1. The first-order valence-electron chi connectivity index (χ1n) is 9.70. The largest absolute Gasteiger partial charge is 0.354 e. The van der Waals surface area contributed by atoms with E-state index in [0.29, 0.717) is 29.6 Å². The highest BCUT2D eigenvalue weighted by Gasteiger charge is 2.27. The highest BCUT2D eigenvalue weighted by atomic mass is 32.2. The van der Waals surface area contributed by atoms with Gasteiger partial charge in [-0.25, -0.2) is 18.1 Å². The van der Waals surface area contributed by atoms with E-state index in [1.54, 1.807) is 36.7 Å². The smallest absolute Gasteiger partial charge is 0.229 e. The number of sulfonamides is 1. The van der Waals surface area contributed by atoms with E-state index >= 15 is 0 Å². The number of piperidine rings is 1. The van der Waals surface area contributed by atoms with Crippen molar-refractivity contribution < 1.29 is 13.2 Å². The number of anilines is 3. The zero-order valence-corrected chi connectivity index (χ0v) is 17.7. The molecule has 162 valence electrons. The monoisotopic (exact) mass is 442 g/mol. The van der Waals surface area contributed by atoms with E-state index < -0.39 is 10.0 Å². The molecule has 1 amide bonds. The van der Waals surface area contributed by atoms with Gasteiger partial charge >= 0.3 is 0 Å². The maximum absolute atomic E-state index is 12.8. The van der Waals surface area contributed by atoms with Crippen molar-refractivity contribution in [1.82, 2.24) is 25.0 Å². The van der Waals surface area contributed by atoms with Crippen LogP contribution in [0.1, 0.15) is 12.8 Å². The number of carbonyl (C=O) groups is 1. The third-order valence-corrected chi connectivity index (χ3v) is 5.45. The van der Waals surface area contributed by atoms with Gasteiger partial charge in [0, 0.05) is 18.8 Å². The van der Waals surface area contributed by atoms with Crippen molar-refractivity contribution in [2.24, 2.45) is 5.92 Å². The fourth-order valence-corrected chi connectivity index (χ4v) is 4.01. The Morgan fingerprint density at radius 2 is 1.90 bits per heavy atom. The molecule has 2 aromatic heterocycles. The summed E-state index contributed by atoms with van der Waals surface area (Å²) in [6, 6.07) is 10.3. The molecule has 31 heavy (non-hydrogen) atoms. The summed E-state index contributed by atoms with van der Waals surface area (Å²) in [5.41, 5.74) is 0.932. The fraction of sp³-hybridized carbons (Fsp3) is 0.316. The minimum atomic E-state index is -3.39. The molecule has 1 aliphatic heterocycles. The van der Waals surface area contributed by atoms with Gasteiger partial charge in [-0.2, -0.15) is 5.10 Å². The van der Waals surface area contributed by atoms with Gasteiger partial charge in [0.25, 0.3) is 0 Å². The maximum Gasteiger partial charge on any atom is 0.229 e. The number of nitrogens with one attached hydrogen (secondary N) is 2. The van der Waals surface area contributed by atoms with E-state index in [9.17, 15) is 13.2 Å². The Kier molecular flexibility index (Phi) is 5.80. The molecule has 1 aliphatic rings. The Morgan fingerprint density at radius 1 is 1.13 bits per heavy atom. The van der Waals surface area contributed by atoms with Crippen LogP contribution >= 0.6 is 0 Å². The molecule has 1 fully saturated rings. The second-order valence-electron chi connectivity index (χ2n) is 7.32. The summed E-state index contributed by atoms with van der Waals surface area (Å²) < 4.78 is 26.8. The van der Waals surface area contributed by atoms with Crippen molar-refractivity contribution in [1.29, 1.82) is 0 Å². The standard InChI is InChI=1S/C19H22N8O3S/c1-31(29,30)25-16-6-2-5-15(10-16)22-19(28)14-4-3-9-26(11-14)17-7-8-18(24-23-17)27-13-20-12-21-27/h2,5-8,10,12-14,25H,3-4,9,11H2,1H3,(H,22,28). The number of nitrogens with zero attached hydrogens (tertiary/aromatic N) is 6. The van der Waals surface area contributed by atoms with Crippen molar-refractivity contribution in [2.45, 2.75) is 12.8 Å². The number of aromatic nitrogens is 5. The Hall–Kier alpha value is -3.54. The van der Waals surface area contributed by atoms with Crippen LogP contribution in [0.2, 0.25) is 0 Å². The minimum absolute atomic E-state index is 0.117. The van der Waals surface area contributed by atoms with Crippen molar-refractivity contribution in [3.63, 3.8) is 0 Å². The molecule has 1 unspecified atom stereocenters. The summed E-state index contributed by atoms with van der Waals surface area (Å²) in [4.78, 5) is 18.7. The van der Waals surface area contributed by atoms with Crippen LogP contribution in [-0.4, -0.2) is 58.6 Å². The lowest BCUT2D eigenvalue weighted by Gasteiger charge is -2.32. The van der Waals surface area contributed by atoms with Crippen LogP contribution in [0.25, 0.3) is 5.82 Å². The van der Waals surface area contributed by atoms with Crippen molar-refractivity contribution >= 4 is 33.1 Å². The Balaban J connectivity index is 1.40. The van der Waals surface area contributed by atoms with Gasteiger partial charge in [-0.15, -0.1) is 10.2 Å². The van der Waals surface area contributed by atoms with Gasteiger partial charge in [0.15, 0.2) is 11.6 Å². The predicted octanol–water partition coefficient (Wildman–Crippen LogP) is 1.28. The average Bonchev–Trinajstić information content (AvgIpc) is 3.28. The zero-order chi connectivity index (χ0) is 21.8. The molecule has 4 rings (SSSR count). The molecule has 1 atom stereocenters. The zero-order valence-electron chi connectivity index (χ0n) is 16.8. The van der Waals surface area contributed by atoms with Crippen LogP contribution in [0.15, 0.2) is 49.1 Å². The molecule has 1 saturated heterocycles. The Bertz CT molecular complexity index is 1150. The second kappa shape index (κ2) is 8.68. The van der Waals surface area contributed by atoms with E-state index in [2.05, 4.69) is 30.3 Å². The van der Waals surface area contributed by atoms with E-state index in [-0.39, 0.29) is 11.8 Å². The first-order valence-corrected chi connectivity index (χ1v) is 11.6. The van der Waals surface area contributed by atoms with Crippen LogP contribution in [-0.2, 0) is 14.8 Å². The molecule has 0 radical (unpaired) electrons. The molecule has 2 N–H and O–H groups in total. The predicted molar refractivity (Wildman–Crippen MR) is 115 cm³/mol. The topological polar surface area (TPSA) is 135 Å².